The average Bonchev–Trinajstić information content (AvgIpc) is 3.07. The number of halogens is 2. The molecular formula is C16H21BrClN5O. The maximum absolute atomic E-state index is 12.5. The van der Waals surface area contributed by atoms with Crippen LogP contribution in [0.5, 0.6) is 0 Å². The quantitative estimate of drug-likeness (QED) is 0.835. The van der Waals surface area contributed by atoms with Crippen LogP contribution < -0.4 is 5.32 Å². The zero-order valence-electron chi connectivity index (χ0n) is 13.5. The van der Waals surface area contributed by atoms with Gasteiger partial charge in [0.05, 0.1) is 12.2 Å². The van der Waals surface area contributed by atoms with Crippen molar-refractivity contribution in [2.24, 2.45) is 0 Å². The van der Waals surface area contributed by atoms with Crippen molar-refractivity contribution in [2.45, 2.75) is 25.4 Å². The standard InChI is InChI=1S/C16H20BrN5O.ClH/c1-21(10-12-2-4-13(17)5-3-12)16(23)15-11-22(20-19-15)14-6-8-18-9-7-14;/h2-5,11,14,18H,6-10H2,1H3;1H. The van der Waals surface area contributed by atoms with E-state index >= 15 is 0 Å². The van der Waals surface area contributed by atoms with E-state index in [0.29, 0.717) is 18.3 Å². The van der Waals surface area contributed by atoms with E-state index in [-0.39, 0.29) is 18.3 Å². The van der Waals surface area contributed by atoms with E-state index < -0.39 is 0 Å². The van der Waals surface area contributed by atoms with Crippen molar-refractivity contribution in [1.29, 1.82) is 0 Å². The van der Waals surface area contributed by atoms with Gasteiger partial charge in [-0.1, -0.05) is 33.3 Å². The minimum absolute atomic E-state index is 0. The molecule has 130 valence electrons. The molecule has 1 fully saturated rings. The summed E-state index contributed by atoms with van der Waals surface area (Å²) in [6.07, 6.45) is 3.81. The Morgan fingerprint density at radius 3 is 2.67 bits per heavy atom. The van der Waals surface area contributed by atoms with Gasteiger partial charge in [0.1, 0.15) is 0 Å². The van der Waals surface area contributed by atoms with E-state index in [1.807, 2.05) is 28.9 Å². The SMILES string of the molecule is CN(Cc1ccc(Br)cc1)C(=O)c1cn(C2CCNCC2)nn1.Cl. The summed E-state index contributed by atoms with van der Waals surface area (Å²) in [5, 5.41) is 11.5. The van der Waals surface area contributed by atoms with Gasteiger partial charge in [-0.15, -0.1) is 17.5 Å². The number of amides is 1. The van der Waals surface area contributed by atoms with Gasteiger partial charge in [0.2, 0.25) is 0 Å². The van der Waals surface area contributed by atoms with Crippen LogP contribution in [-0.4, -0.2) is 45.9 Å². The maximum atomic E-state index is 12.5. The van der Waals surface area contributed by atoms with Crippen LogP contribution in [0.3, 0.4) is 0 Å². The summed E-state index contributed by atoms with van der Waals surface area (Å²) >= 11 is 3.41. The molecule has 8 heteroatoms. The number of aromatic nitrogens is 3. The fourth-order valence-electron chi connectivity index (χ4n) is 2.76. The van der Waals surface area contributed by atoms with Gasteiger partial charge >= 0.3 is 0 Å². The molecule has 1 N–H and O–H groups in total. The molecule has 0 spiro atoms. The molecule has 0 saturated carbocycles. The van der Waals surface area contributed by atoms with Crippen LogP contribution in [-0.2, 0) is 6.54 Å². The molecule has 6 nitrogen and oxygen atoms in total. The summed E-state index contributed by atoms with van der Waals surface area (Å²) in [4.78, 5) is 14.2. The van der Waals surface area contributed by atoms with Gasteiger partial charge in [-0.3, -0.25) is 4.79 Å². The molecule has 3 rings (SSSR count). The minimum Gasteiger partial charge on any atom is -0.336 e. The molecule has 1 aliphatic heterocycles. The summed E-state index contributed by atoms with van der Waals surface area (Å²) in [5.74, 6) is -0.104. The smallest absolute Gasteiger partial charge is 0.276 e. The highest BCUT2D eigenvalue weighted by molar-refractivity contribution is 9.10. The van der Waals surface area contributed by atoms with Gasteiger partial charge in [0, 0.05) is 18.1 Å². The summed E-state index contributed by atoms with van der Waals surface area (Å²) in [6.45, 7) is 2.51. The van der Waals surface area contributed by atoms with E-state index in [9.17, 15) is 4.79 Å². The molecule has 1 aliphatic rings. The number of nitrogens with one attached hydrogen (secondary N) is 1. The van der Waals surface area contributed by atoms with Gasteiger partial charge in [-0.25, -0.2) is 4.68 Å². The predicted octanol–water partition coefficient (Wildman–Crippen LogP) is 2.66. The van der Waals surface area contributed by atoms with Gasteiger partial charge in [-0.05, 0) is 43.6 Å². The predicted molar refractivity (Wildman–Crippen MR) is 98.4 cm³/mol. The number of rotatable bonds is 4. The Morgan fingerprint density at radius 1 is 1.33 bits per heavy atom. The molecule has 2 heterocycles. The fourth-order valence-corrected chi connectivity index (χ4v) is 3.02. The molecule has 1 amide bonds. The van der Waals surface area contributed by atoms with Crippen LogP contribution in [0.15, 0.2) is 34.9 Å². The average molecular weight is 415 g/mol. The lowest BCUT2D eigenvalue weighted by Gasteiger charge is -2.22. The van der Waals surface area contributed by atoms with Crippen LogP contribution in [0.2, 0.25) is 0 Å². The molecule has 1 aromatic carbocycles. The van der Waals surface area contributed by atoms with Crippen LogP contribution in [0.25, 0.3) is 0 Å². The zero-order chi connectivity index (χ0) is 16.2. The number of hydrogen-bond acceptors (Lipinski definition) is 4. The Morgan fingerprint density at radius 2 is 2.00 bits per heavy atom. The third kappa shape index (κ3) is 4.55. The topological polar surface area (TPSA) is 63.1 Å². The van der Waals surface area contributed by atoms with Crippen molar-refractivity contribution in [3.63, 3.8) is 0 Å². The van der Waals surface area contributed by atoms with Gasteiger partial charge in [-0.2, -0.15) is 0 Å². The molecule has 0 radical (unpaired) electrons. The highest BCUT2D eigenvalue weighted by atomic mass is 79.9. The largest absolute Gasteiger partial charge is 0.336 e. The van der Waals surface area contributed by atoms with Crippen LogP contribution in [0.1, 0.15) is 34.9 Å². The number of carbonyl (C=O) groups excluding carboxylic acids is 1. The first-order valence-corrected chi connectivity index (χ1v) is 8.55. The van der Waals surface area contributed by atoms with Crippen molar-refractivity contribution in [3.05, 3.63) is 46.2 Å². The van der Waals surface area contributed by atoms with E-state index in [2.05, 4.69) is 31.6 Å². The van der Waals surface area contributed by atoms with Crippen molar-refractivity contribution in [2.75, 3.05) is 20.1 Å². The Labute approximate surface area is 156 Å². The van der Waals surface area contributed by atoms with Crippen LogP contribution in [0, 0.1) is 0 Å². The summed E-state index contributed by atoms with van der Waals surface area (Å²) in [7, 11) is 1.79. The van der Waals surface area contributed by atoms with E-state index in [4.69, 9.17) is 0 Å². The minimum atomic E-state index is -0.104. The zero-order valence-corrected chi connectivity index (χ0v) is 15.9. The van der Waals surface area contributed by atoms with Crippen molar-refractivity contribution in [1.82, 2.24) is 25.2 Å². The number of hydrogen-bond donors (Lipinski definition) is 1. The lowest BCUT2D eigenvalue weighted by atomic mass is 10.1. The molecule has 1 aromatic heterocycles. The second kappa shape index (κ2) is 8.60. The number of carbonyl (C=O) groups is 1. The molecule has 2 aromatic rings. The Bertz CT molecular complexity index is 669. The number of nitrogens with zero attached hydrogens (tertiary/aromatic N) is 4. The second-order valence-corrected chi connectivity index (χ2v) is 6.77. The first-order chi connectivity index (χ1) is 11.1. The van der Waals surface area contributed by atoms with E-state index in [1.54, 1.807) is 18.1 Å². The van der Waals surface area contributed by atoms with Crippen molar-refractivity contribution < 1.29 is 4.79 Å². The molecule has 24 heavy (non-hydrogen) atoms. The van der Waals surface area contributed by atoms with Gasteiger partial charge in [0.25, 0.3) is 5.91 Å². The normalized spacial score (nSPS) is 14.9. The Balaban J connectivity index is 0.00000208. The second-order valence-electron chi connectivity index (χ2n) is 5.85. The number of piperidine rings is 1. The molecular weight excluding hydrogens is 394 g/mol. The number of benzene rings is 1. The Hall–Kier alpha value is -1.44. The van der Waals surface area contributed by atoms with Gasteiger partial charge < -0.3 is 10.2 Å². The maximum Gasteiger partial charge on any atom is 0.276 e. The molecule has 1 saturated heterocycles. The van der Waals surface area contributed by atoms with E-state index in [0.717, 1.165) is 36.0 Å². The van der Waals surface area contributed by atoms with Gasteiger partial charge in [0.15, 0.2) is 5.69 Å². The molecule has 0 atom stereocenters. The fraction of sp³-hybridized carbons (Fsp3) is 0.438. The highest BCUT2D eigenvalue weighted by Gasteiger charge is 2.20. The Kier molecular flexibility index (Phi) is 6.77. The third-order valence-corrected chi connectivity index (χ3v) is 4.62. The summed E-state index contributed by atoms with van der Waals surface area (Å²) in [6, 6.07) is 8.28. The van der Waals surface area contributed by atoms with Crippen LogP contribution >= 0.6 is 28.3 Å². The lowest BCUT2D eigenvalue weighted by molar-refractivity contribution is 0.0779. The summed E-state index contributed by atoms with van der Waals surface area (Å²) in [5.41, 5.74) is 1.48. The van der Waals surface area contributed by atoms with Crippen molar-refractivity contribution in [3.8, 4) is 0 Å². The monoisotopic (exact) mass is 413 g/mol. The molecule has 0 unspecified atom stereocenters. The third-order valence-electron chi connectivity index (χ3n) is 4.09. The van der Waals surface area contributed by atoms with E-state index in [1.165, 1.54) is 0 Å². The first kappa shape index (κ1) is 18.9. The first-order valence-electron chi connectivity index (χ1n) is 7.76. The summed E-state index contributed by atoms with van der Waals surface area (Å²) < 4.78 is 2.86. The lowest BCUT2D eigenvalue weighted by Crippen LogP contribution is -2.29. The van der Waals surface area contributed by atoms with Crippen LogP contribution in [0.4, 0.5) is 0 Å². The van der Waals surface area contributed by atoms with Crippen molar-refractivity contribution >= 4 is 34.2 Å². The highest BCUT2D eigenvalue weighted by Crippen LogP contribution is 2.18. The molecule has 0 aliphatic carbocycles. The molecule has 0 bridgehead atoms.